The van der Waals surface area contributed by atoms with E-state index in [0.717, 1.165) is 127 Å². The molecule has 17 nitrogen and oxygen atoms in total. The second kappa shape index (κ2) is 65.5. The molecule has 0 rings (SSSR count). The van der Waals surface area contributed by atoms with Crippen molar-refractivity contribution < 1.29 is 80.2 Å². The number of esters is 4. The van der Waals surface area contributed by atoms with E-state index in [2.05, 4.69) is 65.8 Å². The summed E-state index contributed by atoms with van der Waals surface area (Å²) in [5.74, 6) is -0.654. The molecular formula is C74H140O17P2. The molecule has 93 heavy (non-hydrogen) atoms. The molecule has 0 bridgehead atoms. The Labute approximate surface area is 567 Å². The Morgan fingerprint density at radius 1 is 0.344 bits per heavy atom. The maximum Gasteiger partial charge on any atom is 0.472 e. The van der Waals surface area contributed by atoms with Crippen LogP contribution in [-0.2, 0) is 65.4 Å². The van der Waals surface area contributed by atoms with Crippen LogP contribution in [0.5, 0.6) is 0 Å². The number of ether oxygens (including phenoxy) is 4. The van der Waals surface area contributed by atoms with Gasteiger partial charge in [0.25, 0.3) is 0 Å². The van der Waals surface area contributed by atoms with Crippen molar-refractivity contribution >= 4 is 39.5 Å². The van der Waals surface area contributed by atoms with Crippen molar-refractivity contribution in [2.45, 2.75) is 374 Å². The van der Waals surface area contributed by atoms with E-state index in [1.54, 1.807) is 0 Å². The van der Waals surface area contributed by atoms with Gasteiger partial charge in [-0.1, -0.05) is 303 Å². The molecule has 0 spiro atoms. The fourth-order valence-electron chi connectivity index (χ4n) is 10.7. The maximum atomic E-state index is 13.1. The molecule has 0 aromatic carbocycles. The van der Waals surface area contributed by atoms with Crippen molar-refractivity contribution in [1.29, 1.82) is 0 Å². The van der Waals surface area contributed by atoms with Gasteiger partial charge in [0.2, 0.25) is 0 Å². The molecule has 0 radical (unpaired) electrons. The number of aliphatic hydroxyl groups is 1. The third kappa shape index (κ3) is 65.3. The van der Waals surface area contributed by atoms with E-state index in [1.807, 2.05) is 0 Å². The lowest BCUT2D eigenvalue weighted by Crippen LogP contribution is -2.30. The van der Waals surface area contributed by atoms with Crippen molar-refractivity contribution in [3.05, 3.63) is 24.3 Å². The fraction of sp³-hybridized carbons (Fsp3) is 0.892. The number of rotatable bonds is 71. The zero-order valence-corrected chi connectivity index (χ0v) is 61.8. The first-order chi connectivity index (χ1) is 44.9. The summed E-state index contributed by atoms with van der Waals surface area (Å²) in [6.07, 6.45) is 54.9. The van der Waals surface area contributed by atoms with Gasteiger partial charge in [-0.3, -0.25) is 37.3 Å². The first kappa shape index (κ1) is 90.5. The Morgan fingerprint density at radius 3 is 0.914 bits per heavy atom. The summed E-state index contributed by atoms with van der Waals surface area (Å²) >= 11 is 0. The molecule has 19 heteroatoms. The summed E-state index contributed by atoms with van der Waals surface area (Å²) in [4.78, 5) is 72.7. The Morgan fingerprint density at radius 2 is 0.602 bits per heavy atom. The largest absolute Gasteiger partial charge is 0.472 e. The van der Waals surface area contributed by atoms with Crippen molar-refractivity contribution in [2.75, 3.05) is 39.6 Å². The highest BCUT2D eigenvalue weighted by molar-refractivity contribution is 7.47. The van der Waals surface area contributed by atoms with Gasteiger partial charge in [0.15, 0.2) is 12.2 Å². The van der Waals surface area contributed by atoms with Crippen molar-refractivity contribution in [3.63, 3.8) is 0 Å². The van der Waals surface area contributed by atoms with Crippen LogP contribution in [0.2, 0.25) is 0 Å². The normalized spacial score (nSPS) is 14.8. The van der Waals surface area contributed by atoms with Gasteiger partial charge >= 0.3 is 39.5 Å². The Hall–Kier alpha value is -2.46. The maximum absolute atomic E-state index is 13.1. The Bertz CT molecular complexity index is 1900. The number of phosphoric ester groups is 2. The summed E-state index contributed by atoms with van der Waals surface area (Å²) in [6.45, 7) is 9.47. The highest BCUT2D eigenvalue weighted by atomic mass is 31.2. The Kier molecular flexibility index (Phi) is 63.7. The number of allylic oxidation sites excluding steroid dienone is 4. The van der Waals surface area contributed by atoms with E-state index < -0.39 is 97.5 Å². The molecule has 0 fully saturated rings. The summed E-state index contributed by atoms with van der Waals surface area (Å²) in [7, 11) is -9.92. The van der Waals surface area contributed by atoms with Crippen LogP contribution in [0.1, 0.15) is 356 Å². The van der Waals surface area contributed by atoms with Crippen molar-refractivity contribution in [2.24, 2.45) is 11.8 Å². The summed E-state index contributed by atoms with van der Waals surface area (Å²) < 4.78 is 68.4. The quantitative estimate of drug-likeness (QED) is 0.0169. The van der Waals surface area contributed by atoms with Crippen LogP contribution in [0.25, 0.3) is 0 Å². The minimum absolute atomic E-state index is 0.101. The molecule has 0 saturated carbocycles. The van der Waals surface area contributed by atoms with E-state index in [9.17, 15) is 43.2 Å². The monoisotopic (exact) mass is 1360 g/mol. The highest BCUT2D eigenvalue weighted by Crippen LogP contribution is 2.45. The standard InChI is InChI=1S/C74H140O17P2/c1-7-11-13-15-17-19-21-23-25-27-29-31-33-38-46-52-58-73(78)90-69(62-84-71(76)56-50-44-37-32-30-28-26-24-22-20-18-16-14-12-8-2)64-88-92(80,81)86-60-68(75)61-87-93(82,83)89-65-70(63-85-72(77)57-51-45-41-40-43-49-55-67(6)10-4)91-74(79)59-53-47-39-35-34-36-42-48-54-66(5)9-3/h20,22,24,26,66-70,75H,7-19,21,23,25,27-65H2,1-6H3,(H,80,81)(H,82,83)/b22-20-,26-24-/t66?,67?,68-,69-,70-/m1/s1. The zero-order valence-electron chi connectivity index (χ0n) is 60.0. The minimum Gasteiger partial charge on any atom is -0.462 e. The van der Waals surface area contributed by atoms with Gasteiger partial charge in [-0.2, -0.15) is 0 Å². The molecule has 7 atom stereocenters. The van der Waals surface area contributed by atoms with Gasteiger partial charge in [0, 0.05) is 25.7 Å². The number of phosphoric acid groups is 2. The number of hydrogen-bond donors (Lipinski definition) is 3. The molecule has 0 amide bonds. The molecule has 0 heterocycles. The molecule has 0 saturated heterocycles. The fourth-order valence-corrected chi connectivity index (χ4v) is 12.3. The smallest absolute Gasteiger partial charge is 0.462 e. The second-order valence-corrected chi connectivity index (χ2v) is 29.4. The predicted octanol–water partition coefficient (Wildman–Crippen LogP) is 21.1. The molecule has 0 aliphatic heterocycles. The topological polar surface area (TPSA) is 237 Å². The average Bonchev–Trinajstić information content (AvgIpc) is 2.56. The molecule has 3 N–H and O–H groups in total. The number of carbonyl (C=O) groups is 4. The van der Waals surface area contributed by atoms with Crippen LogP contribution in [0.15, 0.2) is 24.3 Å². The van der Waals surface area contributed by atoms with E-state index >= 15 is 0 Å². The molecule has 0 aliphatic rings. The van der Waals surface area contributed by atoms with E-state index in [0.29, 0.717) is 25.7 Å². The van der Waals surface area contributed by atoms with Crippen LogP contribution in [-0.4, -0.2) is 96.7 Å². The molecule has 0 aliphatic carbocycles. The van der Waals surface area contributed by atoms with Gasteiger partial charge in [-0.25, -0.2) is 9.13 Å². The summed E-state index contributed by atoms with van der Waals surface area (Å²) in [5.41, 5.74) is 0. The van der Waals surface area contributed by atoms with E-state index in [1.165, 1.54) is 148 Å². The van der Waals surface area contributed by atoms with Crippen LogP contribution in [0, 0.1) is 11.8 Å². The number of carbonyl (C=O) groups excluding carboxylic acids is 4. The minimum atomic E-state index is -4.96. The van der Waals surface area contributed by atoms with Crippen LogP contribution in [0.4, 0.5) is 0 Å². The van der Waals surface area contributed by atoms with Gasteiger partial charge in [-0.05, 0) is 63.2 Å². The summed E-state index contributed by atoms with van der Waals surface area (Å²) in [5, 5.41) is 10.6. The number of aliphatic hydroxyl groups excluding tert-OH is 1. The van der Waals surface area contributed by atoms with Gasteiger partial charge in [-0.15, -0.1) is 0 Å². The molecule has 548 valence electrons. The molecule has 4 unspecified atom stereocenters. The number of unbranched alkanes of at least 4 members (excludes halogenated alkanes) is 36. The van der Waals surface area contributed by atoms with E-state index in [4.69, 9.17) is 37.0 Å². The van der Waals surface area contributed by atoms with Crippen molar-refractivity contribution in [3.8, 4) is 0 Å². The third-order valence-electron chi connectivity index (χ3n) is 17.3. The molecule has 0 aromatic heterocycles. The first-order valence-corrected chi connectivity index (χ1v) is 40.9. The average molecular weight is 1360 g/mol. The third-order valence-corrected chi connectivity index (χ3v) is 19.2. The lowest BCUT2D eigenvalue weighted by Gasteiger charge is -2.21. The van der Waals surface area contributed by atoms with Crippen LogP contribution in [0.3, 0.4) is 0 Å². The lowest BCUT2D eigenvalue weighted by atomic mass is 9.99. The summed E-state index contributed by atoms with van der Waals surface area (Å²) in [6, 6.07) is 0. The lowest BCUT2D eigenvalue weighted by molar-refractivity contribution is -0.161. The number of hydrogen-bond acceptors (Lipinski definition) is 15. The first-order valence-electron chi connectivity index (χ1n) is 37.9. The van der Waals surface area contributed by atoms with Gasteiger partial charge < -0.3 is 33.8 Å². The second-order valence-electron chi connectivity index (χ2n) is 26.5. The van der Waals surface area contributed by atoms with Crippen LogP contribution >= 0.6 is 15.6 Å². The Balaban J connectivity index is 5.29. The zero-order chi connectivity index (χ0) is 68.6. The van der Waals surface area contributed by atoms with Gasteiger partial charge in [0.1, 0.15) is 19.3 Å². The van der Waals surface area contributed by atoms with Crippen molar-refractivity contribution in [1.82, 2.24) is 0 Å². The van der Waals surface area contributed by atoms with Crippen LogP contribution < -0.4 is 0 Å². The molecule has 0 aromatic rings. The SMILES string of the molecule is CCCCCC/C=C\C=C/CCCCCCCC(=O)OC[C@H](COP(=O)(O)OC[C@@H](O)COP(=O)(O)OC[C@@H](COC(=O)CCCCCCCCC(C)CC)OC(=O)CCCCCCCCCCC(C)CC)OC(=O)CCCCCCCCCCCCCCCCCC. The van der Waals surface area contributed by atoms with E-state index in [-0.39, 0.29) is 25.7 Å². The highest BCUT2D eigenvalue weighted by Gasteiger charge is 2.30. The predicted molar refractivity (Wildman–Crippen MR) is 377 cm³/mol. The molecular weight excluding hydrogens is 1220 g/mol. The van der Waals surface area contributed by atoms with Gasteiger partial charge in [0.05, 0.1) is 26.4 Å².